The minimum atomic E-state index is -1.10. The third-order valence-electron chi connectivity index (χ3n) is 1.76. The fourth-order valence-corrected chi connectivity index (χ4v) is 1.50. The lowest BCUT2D eigenvalue weighted by Gasteiger charge is -1.86. The Morgan fingerprint density at radius 3 is 2.69 bits per heavy atom. The molecule has 3 nitrogen and oxygen atoms in total. The summed E-state index contributed by atoms with van der Waals surface area (Å²) in [6, 6.07) is 7.07. The first kappa shape index (κ1) is 8.19. The molecule has 66 valence electrons. The molecule has 0 unspecified atom stereocenters. The summed E-state index contributed by atoms with van der Waals surface area (Å²) in [5.41, 5.74) is 0.546. The second-order valence-electron chi connectivity index (χ2n) is 2.58. The first-order valence-corrected chi connectivity index (χ1v) is 4.08. The highest BCUT2D eigenvalue weighted by molar-refractivity contribution is 7.80. The minimum absolute atomic E-state index is 0.107. The number of aromatic carboxylic acids is 1. The second kappa shape index (κ2) is 2.81. The molecule has 1 aromatic heterocycles. The summed E-state index contributed by atoms with van der Waals surface area (Å²) in [5, 5.41) is 9.45. The third-order valence-corrected chi connectivity index (χ3v) is 2.21. The summed E-state index contributed by atoms with van der Waals surface area (Å²) in [7, 11) is 0. The van der Waals surface area contributed by atoms with Crippen molar-refractivity contribution in [1.82, 2.24) is 0 Å². The molecule has 0 fully saturated rings. The van der Waals surface area contributed by atoms with Gasteiger partial charge in [0.25, 0.3) is 0 Å². The van der Waals surface area contributed by atoms with Crippen molar-refractivity contribution in [1.29, 1.82) is 0 Å². The van der Waals surface area contributed by atoms with E-state index in [1.807, 2.05) is 6.07 Å². The lowest BCUT2D eigenvalue weighted by atomic mass is 10.2. The lowest BCUT2D eigenvalue weighted by molar-refractivity contribution is 0.0660. The SMILES string of the molecule is O=C(O)c1oc2ccccc2c1S. The van der Waals surface area contributed by atoms with Gasteiger partial charge in [-0.2, -0.15) is 0 Å². The summed E-state index contributed by atoms with van der Waals surface area (Å²) >= 11 is 4.08. The average molecular weight is 194 g/mol. The molecule has 0 aliphatic heterocycles. The van der Waals surface area contributed by atoms with Crippen molar-refractivity contribution in [2.75, 3.05) is 0 Å². The Kier molecular flexibility index (Phi) is 1.77. The molecule has 0 radical (unpaired) electrons. The van der Waals surface area contributed by atoms with E-state index in [1.165, 1.54) is 0 Å². The van der Waals surface area contributed by atoms with E-state index < -0.39 is 5.97 Å². The van der Waals surface area contributed by atoms with Crippen molar-refractivity contribution in [3.05, 3.63) is 30.0 Å². The standard InChI is InChI=1S/C9H6O3S/c10-9(11)7-8(13)5-3-1-2-4-6(5)12-7/h1-4,13H,(H,10,11). The maximum atomic E-state index is 10.6. The van der Waals surface area contributed by atoms with Gasteiger partial charge >= 0.3 is 5.97 Å². The maximum absolute atomic E-state index is 10.6. The van der Waals surface area contributed by atoms with E-state index in [1.54, 1.807) is 18.2 Å². The number of hydrogen-bond acceptors (Lipinski definition) is 3. The van der Waals surface area contributed by atoms with Crippen molar-refractivity contribution in [2.24, 2.45) is 0 Å². The summed E-state index contributed by atoms with van der Waals surface area (Å²) in [6.07, 6.45) is 0. The zero-order valence-electron chi connectivity index (χ0n) is 6.52. The molecule has 0 aliphatic carbocycles. The average Bonchev–Trinajstić information content (AvgIpc) is 2.45. The minimum Gasteiger partial charge on any atom is -0.475 e. The Morgan fingerprint density at radius 2 is 2.08 bits per heavy atom. The lowest BCUT2D eigenvalue weighted by Crippen LogP contribution is -1.93. The van der Waals surface area contributed by atoms with Crippen LogP contribution in [0.2, 0.25) is 0 Å². The van der Waals surface area contributed by atoms with Crippen molar-refractivity contribution in [3.8, 4) is 0 Å². The quantitative estimate of drug-likeness (QED) is 0.685. The van der Waals surface area contributed by atoms with Crippen LogP contribution in [0.1, 0.15) is 10.6 Å². The number of rotatable bonds is 1. The largest absolute Gasteiger partial charge is 0.475 e. The van der Waals surface area contributed by atoms with Gasteiger partial charge in [-0.25, -0.2) is 4.79 Å². The molecule has 0 atom stereocenters. The first-order chi connectivity index (χ1) is 6.20. The van der Waals surface area contributed by atoms with Gasteiger partial charge in [0, 0.05) is 5.39 Å². The highest BCUT2D eigenvalue weighted by Gasteiger charge is 2.16. The van der Waals surface area contributed by atoms with Crippen LogP contribution in [0.3, 0.4) is 0 Å². The van der Waals surface area contributed by atoms with Crippen LogP contribution in [-0.2, 0) is 0 Å². The molecule has 0 saturated heterocycles. The zero-order chi connectivity index (χ0) is 9.42. The Morgan fingerprint density at radius 1 is 1.38 bits per heavy atom. The smallest absolute Gasteiger partial charge is 0.373 e. The molecule has 2 aromatic rings. The monoisotopic (exact) mass is 194 g/mol. The Bertz CT molecular complexity index is 473. The van der Waals surface area contributed by atoms with E-state index in [0.29, 0.717) is 10.5 Å². The Labute approximate surface area is 79.4 Å². The second-order valence-corrected chi connectivity index (χ2v) is 3.03. The van der Waals surface area contributed by atoms with Crippen LogP contribution in [-0.4, -0.2) is 11.1 Å². The van der Waals surface area contributed by atoms with Crippen molar-refractivity contribution in [2.45, 2.75) is 4.90 Å². The fourth-order valence-electron chi connectivity index (χ4n) is 1.18. The predicted molar refractivity (Wildman–Crippen MR) is 50.4 cm³/mol. The van der Waals surface area contributed by atoms with Gasteiger partial charge in [0.05, 0.1) is 4.90 Å². The van der Waals surface area contributed by atoms with Crippen LogP contribution < -0.4 is 0 Å². The van der Waals surface area contributed by atoms with Gasteiger partial charge in [-0.15, -0.1) is 12.6 Å². The summed E-state index contributed by atoms with van der Waals surface area (Å²) in [5.74, 6) is -1.20. The molecule has 1 aromatic carbocycles. The summed E-state index contributed by atoms with van der Waals surface area (Å²) < 4.78 is 5.08. The Balaban J connectivity index is 2.81. The van der Waals surface area contributed by atoms with Gasteiger partial charge in [-0.1, -0.05) is 12.1 Å². The van der Waals surface area contributed by atoms with E-state index >= 15 is 0 Å². The topological polar surface area (TPSA) is 50.4 Å². The van der Waals surface area contributed by atoms with Crippen LogP contribution in [0, 0.1) is 0 Å². The molecule has 0 aliphatic rings. The number of furan rings is 1. The number of hydrogen-bond donors (Lipinski definition) is 2. The molecule has 0 bridgehead atoms. The van der Waals surface area contributed by atoms with Crippen LogP contribution in [0.15, 0.2) is 33.6 Å². The van der Waals surface area contributed by atoms with Gasteiger partial charge in [0.1, 0.15) is 5.58 Å². The van der Waals surface area contributed by atoms with Crippen molar-refractivity contribution < 1.29 is 14.3 Å². The molecule has 1 N–H and O–H groups in total. The van der Waals surface area contributed by atoms with Crippen molar-refractivity contribution >= 4 is 29.6 Å². The molecule has 2 rings (SSSR count). The first-order valence-electron chi connectivity index (χ1n) is 3.64. The number of thiol groups is 1. The van der Waals surface area contributed by atoms with E-state index in [-0.39, 0.29) is 5.76 Å². The van der Waals surface area contributed by atoms with Gasteiger partial charge in [0.15, 0.2) is 0 Å². The molecule has 1 heterocycles. The van der Waals surface area contributed by atoms with Crippen molar-refractivity contribution in [3.63, 3.8) is 0 Å². The molecule has 0 saturated carbocycles. The molecule has 13 heavy (non-hydrogen) atoms. The molecule has 0 spiro atoms. The number of carboxylic acid groups (broad SMARTS) is 1. The summed E-state index contributed by atoms with van der Waals surface area (Å²) in [4.78, 5) is 11.0. The number of para-hydroxylation sites is 1. The van der Waals surface area contributed by atoms with Gasteiger partial charge in [-0.05, 0) is 12.1 Å². The zero-order valence-corrected chi connectivity index (χ0v) is 7.41. The number of fused-ring (bicyclic) bond motifs is 1. The van der Waals surface area contributed by atoms with E-state index in [0.717, 1.165) is 5.39 Å². The van der Waals surface area contributed by atoms with E-state index in [2.05, 4.69) is 12.6 Å². The van der Waals surface area contributed by atoms with Crippen LogP contribution in [0.5, 0.6) is 0 Å². The van der Waals surface area contributed by atoms with Crippen LogP contribution >= 0.6 is 12.6 Å². The molecule has 4 heteroatoms. The predicted octanol–water partition coefficient (Wildman–Crippen LogP) is 2.42. The van der Waals surface area contributed by atoms with Gasteiger partial charge in [-0.3, -0.25) is 0 Å². The third kappa shape index (κ3) is 1.19. The Hall–Kier alpha value is -1.42. The molecule has 0 amide bonds. The number of benzene rings is 1. The highest BCUT2D eigenvalue weighted by atomic mass is 32.1. The van der Waals surface area contributed by atoms with Gasteiger partial charge in [0.2, 0.25) is 5.76 Å². The number of carbonyl (C=O) groups is 1. The molecular weight excluding hydrogens is 188 g/mol. The van der Waals surface area contributed by atoms with E-state index in [9.17, 15) is 4.79 Å². The van der Waals surface area contributed by atoms with E-state index in [4.69, 9.17) is 9.52 Å². The van der Waals surface area contributed by atoms with Gasteiger partial charge < -0.3 is 9.52 Å². The highest BCUT2D eigenvalue weighted by Crippen LogP contribution is 2.28. The maximum Gasteiger partial charge on any atom is 0.373 e. The molecular formula is C9H6O3S. The summed E-state index contributed by atoms with van der Waals surface area (Å²) in [6.45, 7) is 0. The normalized spacial score (nSPS) is 10.5. The van der Waals surface area contributed by atoms with Crippen LogP contribution in [0.4, 0.5) is 0 Å². The number of carboxylic acids is 1. The fraction of sp³-hybridized carbons (Fsp3) is 0. The van der Waals surface area contributed by atoms with Crippen LogP contribution in [0.25, 0.3) is 11.0 Å².